The monoisotopic (exact) mass is 363 g/mol. The number of hydrogen-bond donors (Lipinski definition) is 0. The van der Waals surface area contributed by atoms with Gasteiger partial charge in [-0.25, -0.2) is 0 Å². The first kappa shape index (κ1) is 20.1. The fourth-order valence-electron chi connectivity index (χ4n) is 4.88. The second kappa shape index (κ2) is 8.59. The Morgan fingerprint density at radius 1 is 1.00 bits per heavy atom. The molecule has 0 heterocycles. The lowest BCUT2D eigenvalue weighted by Gasteiger charge is -2.42. The normalized spacial score (nSPS) is 24.9. The van der Waals surface area contributed by atoms with Crippen LogP contribution in [0.4, 0.5) is 0 Å². The van der Waals surface area contributed by atoms with E-state index in [4.69, 9.17) is 0 Å². The predicted molar refractivity (Wildman–Crippen MR) is 114 cm³/mol. The van der Waals surface area contributed by atoms with Crippen molar-refractivity contribution in [2.75, 3.05) is 0 Å². The van der Waals surface area contributed by atoms with E-state index in [9.17, 15) is 4.79 Å². The van der Waals surface area contributed by atoms with Gasteiger partial charge in [0.15, 0.2) is 5.78 Å². The quantitative estimate of drug-likeness (QED) is 0.536. The Morgan fingerprint density at radius 2 is 1.67 bits per heavy atom. The lowest BCUT2D eigenvalue weighted by molar-refractivity contribution is -0.129. The standard InChI is InChI=1S/C26H35O/c1-19(2)23-16-11-17-26(18-23,20(3)4)25(27)24(21-12-7-5-8-13-21)22-14-9-6-10-15-22/h5,7-8,11-13,16-20,22,24H,6,9-10,14-15H2,1-4H3. The van der Waals surface area contributed by atoms with Crippen LogP contribution in [0.3, 0.4) is 0 Å². The van der Waals surface area contributed by atoms with Gasteiger partial charge in [0.2, 0.25) is 0 Å². The summed E-state index contributed by atoms with van der Waals surface area (Å²) in [5.41, 5.74) is 2.00. The van der Waals surface area contributed by atoms with E-state index in [-0.39, 0.29) is 11.8 Å². The van der Waals surface area contributed by atoms with Gasteiger partial charge in [0.1, 0.15) is 0 Å². The van der Waals surface area contributed by atoms with E-state index >= 15 is 0 Å². The van der Waals surface area contributed by atoms with E-state index in [1.807, 2.05) is 0 Å². The van der Waals surface area contributed by atoms with Crippen LogP contribution in [-0.4, -0.2) is 5.78 Å². The highest BCUT2D eigenvalue weighted by Gasteiger charge is 2.46. The number of carbonyl (C=O) groups is 1. The van der Waals surface area contributed by atoms with Crippen molar-refractivity contribution in [1.29, 1.82) is 0 Å². The molecule has 1 nitrogen and oxygen atoms in total. The zero-order chi connectivity index (χ0) is 19.4. The summed E-state index contributed by atoms with van der Waals surface area (Å²) in [5, 5.41) is 0. The molecule has 0 spiro atoms. The molecule has 1 fully saturated rings. The summed E-state index contributed by atoms with van der Waals surface area (Å²) >= 11 is 0. The first-order valence-electron chi connectivity index (χ1n) is 10.8. The molecule has 0 N–H and O–H groups in total. The summed E-state index contributed by atoms with van der Waals surface area (Å²) in [6, 6.07) is 10.5. The van der Waals surface area contributed by atoms with Gasteiger partial charge in [0.05, 0.1) is 5.41 Å². The largest absolute Gasteiger partial charge is 0.298 e. The Labute approximate surface area is 166 Å². The van der Waals surface area contributed by atoms with Gasteiger partial charge in [0, 0.05) is 12.3 Å². The van der Waals surface area contributed by atoms with Crippen LogP contribution in [0.15, 0.2) is 54.1 Å². The van der Waals surface area contributed by atoms with Crippen molar-refractivity contribution in [2.45, 2.75) is 65.7 Å². The minimum absolute atomic E-state index is 0.00122. The van der Waals surface area contributed by atoms with E-state index in [0.29, 0.717) is 17.6 Å². The lowest BCUT2D eigenvalue weighted by Crippen LogP contribution is -2.42. The zero-order valence-corrected chi connectivity index (χ0v) is 17.4. The van der Waals surface area contributed by atoms with Gasteiger partial charge in [-0.3, -0.25) is 4.79 Å². The van der Waals surface area contributed by atoms with Gasteiger partial charge in [-0.2, -0.15) is 0 Å². The Hall–Kier alpha value is -1.63. The van der Waals surface area contributed by atoms with Crippen LogP contribution in [0.1, 0.15) is 71.3 Å². The number of carbonyl (C=O) groups excluding carboxylic acids is 1. The second-order valence-corrected chi connectivity index (χ2v) is 9.06. The molecule has 0 aliphatic heterocycles. The minimum Gasteiger partial charge on any atom is -0.298 e. The van der Waals surface area contributed by atoms with Crippen LogP contribution in [0.25, 0.3) is 0 Å². The van der Waals surface area contributed by atoms with Crippen molar-refractivity contribution in [3.05, 3.63) is 66.1 Å². The number of ketones is 1. The zero-order valence-electron chi connectivity index (χ0n) is 17.4. The SMILES string of the molecule is CC(C)C1=CC=CC(C(=O)C(c2ccccc2)C2CCCCC2)(C(C)C)[CH]1. The van der Waals surface area contributed by atoms with Crippen molar-refractivity contribution in [3.63, 3.8) is 0 Å². The summed E-state index contributed by atoms with van der Waals surface area (Å²) in [5.74, 6) is 1.56. The first-order valence-corrected chi connectivity index (χ1v) is 10.8. The van der Waals surface area contributed by atoms with E-state index in [1.54, 1.807) is 0 Å². The summed E-state index contributed by atoms with van der Waals surface area (Å²) in [6.45, 7) is 8.83. The Balaban J connectivity index is 2.01. The predicted octanol–water partition coefficient (Wildman–Crippen LogP) is 6.92. The topological polar surface area (TPSA) is 17.1 Å². The van der Waals surface area contributed by atoms with Gasteiger partial charge in [-0.1, -0.05) is 101 Å². The fraction of sp³-hybridized carbons (Fsp3) is 0.538. The number of hydrogen-bond acceptors (Lipinski definition) is 1. The summed E-state index contributed by atoms with van der Waals surface area (Å²) in [4.78, 5) is 14.2. The van der Waals surface area contributed by atoms with Crippen molar-refractivity contribution in [3.8, 4) is 0 Å². The van der Waals surface area contributed by atoms with Crippen LogP contribution >= 0.6 is 0 Å². The maximum atomic E-state index is 14.2. The highest BCUT2D eigenvalue weighted by atomic mass is 16.1. The highest BCUT2D eigenvalue weighted by molar-refractivity contribution is 5.95. The van der Waals surface area contributed by atoms with Gasteiger partial charge in [0.25, 0.3) is 0 Å². The maximum absolute atomic E-state index is 14.2. The van der Waals surface area contributed by atoms with E-state index in [0.717, 1.165) is 0 Å². The van der Waals surface area contributed by atoms with Crippen molar-refractivity contribution < 1.29 is 4.79 Å². The number of benzene rings is 1. The average Bonchev–Trinajstić information content (AvgIpc) is 2.69. The Kier molecular flexibility index (Phi) is 6.40. The Bertz CT molecular complexity index is 688. The molecule has 0 saturated heterocycles. The molecule has 2 aliphatic carbocycles. The van der Waals surface area contributed by atoms with E-state index in [2.05, 4.69) is 82.7 Å². The molecule has 2 aliphatic rings. The van der Waals surface area contributed by atoms with Crippen LogP contribution in [0.2, 0.25) is 0 Å². The lowest BCUT2D eigenvalue weighted by atomic mass is 9.60. The van der Waals surface area contributed by atoms with Gasteiger partial charge in [-0.05, 0) is 36.2 Å². The third-order valence-electron chi connectivity index (χ3n) is 6.68. The number of allylic oxidation sites excluding steroid dienone is 4. The Morgan fingerprint density at radius 3 is 2.26 bits per heavy atom. The van der Waals surface area contributed by atoms with Gasteiger partial charge >= 0.3 is 0 Å². The fourth-order valence-corrected chi connectivity index (χ4v) is 4.88. The molecule has 1 heteroatoms. The molecule has 2 unspecified atom stereocenters. The molecule has 0 bridgehead atoms. The average molecular weight is 364 g/mol. The third-order valence-corrected chi connectivity index (χ3v) is 6.68. The molecule has 1 saturated carbocycles. The van der Waals surface area contributed by atoms with Crippen LogP contribution in [0, 0.1) is 29.6 Å². The van der Waals surface area contributed by atoms with Crippen LogP contribution < -0.4 is 0 Å². The van der Waals surface area contributed by atoms with Gasteiger partial charge < -0.3 is 0 Å². The molecule has 2 atom stereocenters. The van der Waals surface area contributed by atoms with Crippen molar-refractivity contribution in [1.82, 2.24) is 0 Å². The highest BCUT2D eigenvalue weighted by Crippen LogP contribution is 2.48. The summed E-state index contributed by atoms with van der Waals surface area (Å²) in [6.07, 6.45) is 14.9. The van der Waals surface area contributed by atoms with E-state index < -0.39 is 5.41 Å². The first-order chi connectivity index (χ1) is 13.0. The smallest absolute Gasteiger partial charge is 0.151 e. The van der Waals surface area contributed by atoms with Crippen LogP contribution in [-0.2, 0) is 4.79 Å². The maximum Gasteiger partial charge on any atom is 0.151 e. The molecule has 1 radical (unpaired) electrons. The molecule has 145 valence electrons. The molecule has 1 aromatic rings. The second-order valence-electron chi connectivity index (χ2n) is 9.06. The van der Waals surface area contributed by atoms with Gasteiger partial charge in [-0.15, -0.1) is 0 Å². The molecule has 0 aromatic heterocycles. The van der Waals surface area contributed by atoms with Crippen molar-refractivity contribution in [2.24, 2.45) is 23.2 Å². The number of rotatable bonds is 6. The van der Waals surface area contributed by atoms with E-state index in [1.165, 1.54) is 43.2 Å². The summed E-state index contributed by atoms with van der Waals surface area (Å²) in [7, 11) is 0. The molecule has 0 amide bonds. The number of Topliss-reactive ketones (excluding diaryl/α,β-unsaturated/α-hetero) is 1. The molecule has 27 heavy (non-hydrogen) atoms. The molecule has 3 rings (SSSR count). The van der Waals surface area contributed by atoms with Crippen LogP contribution in [0.5, 0.6) is 0 Å². The van der Waals surface area contributed by atoms with Crippen molar-refractivity contribution >= 4 is 5.78 Å². The molecule has 1 aromatic carbocycles. The molecular weight excluding hydrogens is 328 g/mol. The third kappa shape index (κ3) is 4.13. The minimum atomic E-state index is -0.494. The molecular formula is C26H35O. The summed E-state index contributed by atoms with van der Waals surface area (Å²) < 4.78 is 0.